The first-order valence-electron chi connectivity index (χ1n) is 8.02. The maximum absolute atomic E-state index is 13.5. The molecule has 0 bridgehead atoms. The molecular weight excluding hydrogens is 281 g/mol. The number of nitrogens with one attached hydrogen (secondary N) is 2. The number of amides is 2. The molecule has 0 unspecified atom stereocenters. The number of rotatable bonds is 2. The van der Waals surface area contributed by atoms with E-state index in [1.807, 2.05) is 11.1 Å². The van der Waals surface area contributed by atoms with Crippen LogP contribution in [0.4, 0.5) is 9.18 Å². The number of benzene rings is 1. The molecular formula is C17H20FN3O. The average Bonchev–Trinajstić information content (AvgIpc) is 3.24. The highest BCUT2D eigenvalue weighted by molar-refractivity contribution is 5.84. The Morgan fingerprint density at radius 3 is 2.73 bits per heavy atom. The summed E-state index contributed by atoms with van der Waals surface area (Å²) in [4.78, 5) is 17.2. The fourth-order valence-corrected chi connectivity index (χ4v) is 3.34. The number of piperidine rings is 1. The summed E-state index contributed by atoms with van der Waals surface area (Å²) in [5, 5.41) is 4.01. The molecule has 1 aromatic carbocycles. The fourth-order valence-electron chi connectivity index (χ4n) is 3.34. The van der Waals surface area contributed by atoms with E-state index >= 15 is 0 Å². The quantitative estimate of drug-likeness (QED) is 0.878. The zero-order valence-electron chi connectivity index (χ0n) is 12.4. The second kappa shape index (κ2) is 5.30. The Kier molecular flexibility index (Phi) is 3.28. The van der Waals surface area contributed by atoms with Crippen molar-refractivity contribution in [2.45, 2.75) is 37.6 Å². The van der Waals surface area contributed by atoms with Crippen molar-refractivity contribution in [1.29, 1.82) is 0 Å². The predicted molar refractivity (Wildman–Crippen MR) is 83.4 cm³/mol. The predicted octanol–water partition coefficient (Wildman–Crippen LogP) is 3.36. The maximum Gasteiger partial charge on any atom is 0.317 e. The van der Waals surface area contributed by atoms with Crippen molar-refractivity contribution in [2.24, 2.45) is 0 Å². The molecule has 5 heteroatoms. The van der Waals surface area contributed by atoms with Crippen LogP contribution in [0.15, 0.2) is 24.4 Å². The van der Waals surface area contributed by atoms with E-state index in [0.717, 1.165) is 49.7 Å². The molecule has 4 rings (SSSR count). The van der Waals surface area contributed by atoms with Gasteiger partial charge >= 0.3 is 6.03 Å². The van der Waals surface area contributed by atoms with Gasteiger partial charge in [-0.3, -0.25) is 0 Å². The van der Waals surface area contributed by atoms with E-state index in [4.69, 9.17) is 0 Å². The third kappa shape index (κ3) is 2.56. The number of carbonyl (C=O) groups excluding carboxylic acids is 1. The summed E-state index contributed by atoms with van der Waals surface area (Å²) < 4.78 is 13.5. The summed E-state index contributed by atoms with van der Waals surface area (Å²) in [6, 6.07) is 5.35. The van der Waals surface area contributed by atoms with Crippen LogP contribution in [-0.2, 0) is 0 Å². The largest absolute Gasteiger partial charge is 0.361 e. The zero-order chi connectivity index (χ0) is 15.1. The van der Waals surface area contributed by atoms with E-state index in [9.17, 15) is 9.18 Å². The van der Waals surface area contributed by atoms with Gasteiger partial charge < -0.3 is 15.2 Å². The molecule has 4 nitrogen and oxygen atoms in total. The van der Waals surface area contributed by atoms with Crippen LogP contribution in [0.2, 0.25) is 0 Å². The van der Waals surface area contributed by atoms with Gasteiger partial charge in [0.05, 0.1) is 0 Å². The Hall–Kier alpha value is -2.04. The lowest BCUT2D eigenvalue weighted by Gasteiger charge is -2.32. The monoisotopic (exact) mass is 301 g/mol. The number of nitrogens with zero attached hydrogens (tertiary/aromatic N) is 1. The Labute approximate surface area is 128 Å². The van der Waals surface area contributed by atoms with Gasteiger partial charge in [-0.2, -0.15) is 0 Å². The summed E-state index contributed by atoms with van der Waals surface area (Å²) in [6.07, 6.45) is 6.09. The van der Waals surface area contributed by atoms with Crippen LogP contribution in [-0.4, -0.2) is 35.0 Å². The molecule has 1 saturated carbocycles. The van der Waals surface area contributed by atoms with Crippen LogP contribution in [0, 0.1) is 5.82 Å². The molecule has 1 aliphatic carbocycles. The fraction of sp³-hybridized carbons (Fsp3) is 0.471. The van der Waals surface area contributed by atoms with Gasteiger partial charge in [-0.1, -0.05) is 0 Å². The lowest BCUT2D eigenvalue weighted by molar-refractivity contribution is 0.181. The van der Waals surface area contributed by atoms with Crippen LogP contribution in [0.5, 0.6) is 0 Å². The Morgan fingerprint density at radius 2 is 2.00 bits per heavy atom. The molecule has 2 N–H and O–H groups in total. The van der Waals surface area contributed by atoms with Crippen molar-refractivity contribution in [3.05, 3.63) is 35.8 Å². The third-order valence-electron chi connectivity index (χ3n) is 4.80. The van der Waals surface area contributed by atoms with E-state index in [-0.39, 0.29) is 11.8 Å². The summed E-state index contributed by atoms with van der Waals surface area (Å²) in [6.45, 7) is 1.54. The van der Waals surface area contributed by atoms with Crippen LogP contribution < -0.4 is 5.32 Å². The zero-order valence-corrected chi connectivity index (χ0v) is 12.4. The lowest BCUT2D eigenvalue weighted by Crippen LogP contribution is -2.44. The highest BCUT2D eigenvalue weighted by atomic mass is 19.1. The van der Waals surface area contributed by atoms with Gasteiger partial charge in [0.1, 0.15) is 5.82 Å². The highest BCUT2D eigenvalue weighted by Crippen LogP contribution is 2.33. The van der Waals surface area contributed by atoms with Crippen molar-refractivity contribution in [1.82, 2.24) is 15.2 Å². The van der Waals surface area contributed by atoms with Gasteiger partial charge in [-0.25, -0.2) is 9.18 Å². The van der Waals surface area contributed by atoms with E-state index in [2.05, 4.69) is 10.3 Å². The molecule has 22 heavy (non-hydrogen) atoms. The van der Waals surface area contributed by atoms with E-state index in [0.29, 0.717) is 12.0 Å². The van der Waals surface area contributed by atoms with Crippen LogP contribution >= 0.6 is 0 Å². The molecule has 2 aliphatic rings. The minimum atomic E-state index is -0.199. The van der Waals surface area contributed by atoms with Crippen molar-refractivity contribution in [3.63, 3.8) is 0 Å². The molecule has 1 aromatic heterocycles. The number of aromatic amines is 1. The number of urea groups is 1. The summed E-state index contributed by atoms with van der Waals surface area (Å²) >= 11 is 0. The van der Waals surface area contributed by atoms with E-state index < -0.39 is 0 Å². The molecule has 2 amide bonds. The smallest absolute Gasteiger partial charge is 0.317 e. The normalized spacial score (nSPS) is 19.6. The van der Waals surface area contributed by atoms with Gasteiger partial charge in [0.15, 0.2) is 0 Å². The van der Waals surface area contributed by atoms with Gasteiger partial charge in [0, 0.05) is 36.2 Å². The Bertz CT molecular complexity index is 699. The molecule has 2 aromatic rings. The lowest BCUT2D eigenvalue weighted by atomic mass is 9.89. The van der Waals surface area contributed by atoms with Crippen molar-refractivity contribution in [3.8, 4) is 0 Å². The summed E-state index contributed by atoms with van der Waals surface area (Å²) in [5.74, 6) is 0.190. The Balaban J connectivity index is 1.46. The maximum atomic E-state index is 13.5. The number of aromatic nitrogens is 1. The number of halogens is 1. The van der Waals surface area contributed by atoms with Gasteiger partial charge in [0.25, 0.3) is 0 Å². The molecule has 116 valence electrons. The first kappa shape index (κ1) is 13.6. The molecule has 0 radical (unpaired) electrons. The number of hydrogen-bond acceptors (Lipinski definition) is 1. The van der Waals surface area contributed by atoms with Gasteiger partial charge in [0.2, 0.25) is 0 Å². The van der Waals surface area contributed by atoms with Gasteiger partial charge in [-0.05, 0) is 55.4 Å². The summed E-state index contributed by atoms with van der Waals surface area (Å²) in [7, 11) is 0. The molecule has 2 heterocycles. The molecule has 1 saturated heterocycles. The van der Waals surface area contributed by atoms with Gasteiger partial charge in [-0.15, -0.1) is 0 Å². The minimum absolute atomic E-state index is 0.0749. The molecule has 1 aliphatic heterocycles. The topological polar surface area (TPSA) is 48.1 Å². The second-order valence-corrected chi connectivity index (χ2v) is 6.42. The van der Waals surface area contributed by atoms with Crippen LogP contribution in [0.1, 0.15) is 37.2 Å². The Morgan fingerprint density at radius 1 is 1.23 bits per heavy atom. The van der Waals surface area contributed by atoms with E-state index in [1.54, 1.807) is 12.1 Å². The molecule has 0 spiro atoms. The molecule has 2 fully saturated rings. The third-order valence-corrected chi connectivity index (χ3v) is 4.80. The van der Waals surface area contributed by atoms with Crippen molar-refractivity contribution < 1.29 is 9.18 Å². The first-order chi connectivity index (χ1) is 10.7. The number of hydrogen-bond donors (Lipinski definition) is 2. The first-order valence-corrected chi connectivity index (χ1v) is 8.02. The number of carbonyl (C=O) groups is 1. The van der Waals surface area contributed by atoms with Crippen LogP contribution in [0.3, 0.4) is 0 Å². The SMILES string of the molecule is O=C(NC1CC1)N1CCC(c2c[nH]c3ccc(F)cc23)CC1. The molecule has 0 atom stereocenters. The standard InChI is InChI=1S/C17H20FN3O/c18-12-1-4-16-14(9-12)15(10-19-16)11-5-7-21(8-6-11)17(22)20-13-2-3-13/h1,4,9-11,13,19H,2-3,5-8H2,(H,20,22). The van der Waals surface area contributed by atoms with Crippen LogP contribution in [0.25, 0.3) is 10.9 Å². The second-order valence-electron chi connectivity index (χ2n) is 6.42. The number of likely N-dealkylation sites (tertiary alicyclic amines) is 1. The highest BCUT2D eigenvalue weighted by Gasteiger charge is 2.29. The average molecular weight is 301 g/mol. The van der Waals surface area contributed by atoms with Crippen molar-refractivity contribution in [2.75, 3.05) is 13.1 Å². The number of H-pyrrole nitrogens is 1. The number of fused-ring (bicyclic) bond motifs is 1. The van der Waals surface area contributed by atoms with E-state index in [1.165, 1.54) is 11.6 Å². The minimum Gasteiger partial charge on any atom is -0.361 e. The summed E-state index contributed by atoms with van der Waals surface area (Å²) in [5.41, 5.74) is 2.15. The van der Waals surface area contributed by atoms with Crippen molar-refractivity contribution >= 4 is 16.9 Å².